The quantitative estimate of drug-likeness (QED) is 0.641. The van der Waals surface area contributed by atoms with Crippen LogP contribution in [0.4, 0.5) is 0 Å². The Balaban J connectivity index is 2.81. The van der Waals surface area contributed by atoms with Crippen LogP contribution < -0.4 is 0 Å². The number of aromatic hydroxyl groups is 1. The second-order valence-corrected chi connectivity index (χ2v) is 4.44. The fraction of sp³-hybridized carbons (Fsp3) is 0.200. The van der Waals surface area contributed by atoms with E-state index >= 15 is 0 Å². The topological polar surface area (TPSA) is 66.8 Å². The highest BCUT2D eigenvalue weighted by molar-refractivity contribution is 8.22. The highest BCUT2D eigenvalue weighted by Crippen LogP contribution is 2.27. The predicted octanol–water partition coefficient (Wildman–Crippen LogP) is 2.50. The molecule has 0 aliphatic rings. The molecule has 0 spiro atoms. The molecular formula is C10H10O4S2. The molecule has 0 fully saturated rings. The van der Waals surface area contributed by atoms with E-state index in [1.165, 1.54) is 12.1 Å². The van der Waals surface area contributed by atoms with Gasteiger partial charge in [-0.15, -0.1) is 0 Å². The molecule has 1 aromatic carbocycles. The Morgan fingerprint density at radius 1 is 1.56 bits per heavy atom. The average Bonchev–Trinajstić information content (AvgIpc) is 2.17. The third-order valence-electron chi connectivity index (χ3n) is 1.66. The van der Waals surface area contributed by atoms with Gasteiger partial charge in [0.1, 0.15) is 11.3 Å². The second kappa shape index (κ2) is 5.72. The van der Waals surface area contributed by atoms with Gasteiger partial charge in [-0.3, -0.25) is 0 Å². The lowest BCUT2D eigenvalue weighted by molar-refractivity contribution is 0.0693. The average molecular weight is 258 g/mol. The minimum atomic E-state index is -1.17. The van der Waals surface area contributed by atoms with Crippen LogP contribution in [0.3, 0.4) is 0 Å². The van der Waals surface area contributed by atoms with Gasteiger partial charge >= 0.3 is 5.97 Å². The summed E-state index contributed by atoms with van der Waals surface area (Å²) in [5.74, 6) is -1.45. The first kappa shape index (κ1) is 12.8. The summed E-state index contributed by atoms with van der Waals surface area (Å²) >= 11 is 6.06. The number of ether oxygens (including phenoxy) is 1. The van der Waals surface area contributed by atoms with Crippen LogP contribution in [-0.2, 0) is 4.74 Å². The number of phenols is 1. The molecule has 4 nitrogen and oxygen atoms in total. The number of benzene rings is 1. The second-order valence-electron chi connectivity index (χ2n) is 2.77. The number of thioether (sulfide) groups is 1. The van der Waals surface area contributed by atoms with Crippen molar-refractivity contribution in [2.45, 2.75) is 11.8 Å². The van der Waals surface area contributed by atoms with E-state index in [4.69, 9.17) is 22.1 Å². The van der Waals surface area contributed by atoms with E-state index in [1.807, 2.05) is 6.92 Å². The first-order valence-electron chi connectivity index (χ1n) is 4.45. The predicted molar refractivity (Wildman–Crippen MR) is 65.1 cm³/mol. The van der Waals surface area contributed by atoms with Gasteiger partial charge < -0.3 is 14.9 Å². The number of carboxylic acids is 1. The van der Waals surface area contributed by atoms with Crippen LogP contribution in [-0.4, -0.2) is 27.2 Å². The van der Waals surface area contributed by atoms with Crippen molar-refractivity contribution in [3.8, 4) is 5.75 Å². The van der Waals surface area contributed by atoms with Gasteiger partial charge in [-0.25, -0.2) is 4.79 Å². The molecule has 16 heavy (non-hydrogen) atoms. The smallest absolute Gasteiger partial charge is 0.339 e. The fourth-order valence-electron chi connectivity index (χ4n) is 0.999. The zero-order valence-electron chi connectivity index (χ0n) is 8.47. The largest absolute Gasteiger partial charge is 0.507 e. The third-order valence-corrected chi connectivity index (χ3v) is 2.80. The monoisotopic (exact) mass is 258 g/mol. The van der Waals surface area contributed by atoms with Gasteiger partial charge in [-0.1, -0.05) is 0 Å². The van der Waals surface area contributed by atoms with E-state index in [0.717, 1.165) is 11.8 Å². The van der Waals surface area contributed by atoms with Gasteiger partial charge in [0.2, 0.25) is 4.38 Å². The maximum atomic E-state index is 10.6. The Morgan fingerprint density at radius 2 is 2.25 bits per heavy atom. The van der Waals surface area contributed by atoms with Crippen LogP contribution >= 0.6 is 24.0 Å². The molecule has 6 heteroatoms. The van der Waals surface area contributed by atoms with Crippen molar-refractivity contribution in [2.75, 3.05) is 6.61 Å². The lowest BCUT2D eigenvalue weighted by Crippen LogP contribution is -1.98. The van der Waals surface area contributed by atoms with E-state index in [9.17, 15) is 9.90 Å². The Kier molecular flexibility index (Phi) is 4.57. The number of thiocarbonyl (C=S) groups is 1. The van der Waals surface area contributed by atoms with E-state index < -0.39 is 5.97 Å². The number of carbonyl (C=O) groups is 1. The molecule has 0 unspecified atom stereocenters. The van der Waals surface area contributed by atoms with Crippen molar-refractivity contribution in [1.82, 2.24) is 0 Å². The fourth-order valence-corrected chi connectivity index (χ4v) is 2.08. The van der Waals surface area contributed by atoms with Gasteiger partial charge in [-0.05, 0) is 49.1 Å². The molecule has 86 valence electrons. The normalized spacial score (nSPS) is 9.81. The Labute approximate surface area is 102 Å². The van der Waals surface area contributed by atoms with Crippen LogP contribution in [0.25, 0.3) is 0 Å². The van der Waals surface area contributed by atoms with E-state index in [2.05, 4.69) is 0 Å². The summed E-state index contributed by atoms with van der Waals surface area (Å²) in [6.07, 6.45) is 0. The summed E-state index contributed by atoms with van der Waals surface area (Å²) in [6.45, 7) is 2.29. The van der Waals surface area contributed by atoms with Crippen LogP contribution in [0, 0.1) is 0 Å². The summed E-state index contributed by atoms with van der Waals surface area (Å²) in [4.78, 5) is 11.3. The van der Waals surface area contributed by atoms with Crippen LogP contribution in [0.2, 0.25) is 0 Å². The molecule has 0 heterocycles. The third kappa shape index (κ3) is 3.39. The van der Waals surface area contributed by atoms with Crippen molar-refractivity contribution in [2.24, 2.45) is 0 Å². The van der Waals surface area contributed by atoms with Crippen molar-refractivity contribution in [3.63, 3.8) is 0 Å². The van der Waals surface area contributed by atoms with Crippen molar-refractivity contribution in [1.29, 1.82) is 0 Å². The molecule has 0 radical (unpaired) electrons. The standard InChI is InChI=1S/C10H10O4S2/c1-2-14-10(15)16-6-3-4-7(9(12)13)8(11)5-6/h3-5,11H,2H2,1H3,(H,12,13). The van der Waals surface area contributed by atoms with Gasteiger partial charge in [0.25, 0.3) is 0 Å². The molecule has 0 saturated heterocycles. The summed E-state index contributed by atoms with van der Waals surface area (Å²) < 4.78 is 5.40. The van der Waals surface area contributed by atoms with Gasteiger partial charge in [0.15, 0.2) is 0 Å². The minimum absolute atomic E-state index is 0.133. The molecule has 0 saturated carbocycles. The van der Waals surface area contributed by atoms with Crippen molar-refractivity contribution >= 4 is 34.3 Å². The molecule has 0 aliphatic carbocycles. The van der Waals surface area contributed by atoms with Crippen LogP contribution in [0.5, 0.6) is 5.75 Å². The van der Waals surface area contributed by atoms with E-state index in [-0.39, 0.29) is 11.3 Å². The van der Waals surface area contributed by atoms with E-state index in [1.54, 1.807) is 6.07 Å². The zero-order chi connectivity index (χ0) is 12.1. The zero-order valence-corrected chi connectivity index (χ0v) is 10.1. The first-order valence-corrected chi connectivity index (χ1v) is 5.68. The molecule has 0 amide bonds. The maximum Gasteiger partial charge on any atom is 0.339 e. The molecule has 0 aliphatic heterocycles. The molecule has 2 N–H and O–H groups in total. The van der Waals surface area contributed by atoms with Crippen molar-refractivity contribution in [3.05, 3.63) is 23.8 Å². The lowest BCUT2D eigenvalue weighted by Gasteiger charge is -2.05. The number of rotatable bonds is 3. The van der Waals surface area contributed by atoms with Gasteiger partial charge in [0.05, 0.1) is 6.61 Å². The van der Waals surface area contributed by atoms with Gasteiger partial charge in [-0.2, -0.15) is 0 Å². The molecular weight excluding hydrogens is 248 g/mol. The summed E-state index contributed by atoms with van der Waals surface area (Å²) in [5.41, 5.74) is -0.133. The Hall–Kier alpha value is -1.27. The molecule has 0 atom stereocenters. The Morgan fingerprint density at radius 3 is 2.75 bits per heavy atom. The van der Waals surface area contributed by atoms with Crippen molar-refractivity contribution < 1.29 is 19.7 Å². The number of carboxylic acid groups (broad SMARTS) is 1. The number of hydrogen-bond donors (Lipinski definition) is 2. The first-order chi connectivity index (χ1) is 7.54. The SMILES string of the molecule is CCOC(=S)Sc1ccc(C(=O)O)c(O)c1. The molecule has 0 aromatic heterocycles. The highest BCUT2D eigenvalue weighted by atomic mass is 32.2. The lowest BCUT2D eigenvalue weighted by atomic mass is 10.2. The summed E-state index contributed by atoms with van der Waals surface area (Å²) in [7, 11) is 0. The van der Waals surface area contributed by atoms with Crippen LogP contribution in [0.15, 0.2) is 23.1 Å². The molecule has 1 rings (SSSR count). The number of hydrogen-bond acceptors (Lipinski definition) is 5. The molecule has 0 bridgehead atoms. The highest BCUT2D eigenvalue weighted by Gasteiger charge is 2.10. The van der Waals surface area contributed by atoms with E-state index in [0.29, 0.717) is 15.9 Å². The molecule has 1 aromatic rings. The summed E-state index contributed by atoms with van der Waals surface area (Å²) in [5, 5.41) is 18.1. The Bertz CT molecular complexity index is 417. The maximum absolute atomic E-state index is 10.6. The minimum Gasteiger partial charge on any atom is -0.507 e. The van der Waals surface area contributed by atoms with Gasteiger partial charge in [0, 0.05) is 4.90 Å². The number of aromatic carboxylic acids is 1. The summed E-state index contributed by atoms with van der Waals surface area (Å²) in [6, 6.07) is 4.24. The van der Waals surface area contributed by atoms with Crippen LogP contribution in [0.1, 0.15) is 17.3 Å².